The Labute approximate surface area is 234 Å². The van der Waals surface area contributed by atoms with E-state index in [9.17, 15) is 22.9 Å². The van der Waals surface area contributed by atoms with Crippen molar-refractivity contribution in [3.8, 4) is 11.5 Å². The number of halogens is 2. The Bertz CT molecular complexity index is 1720. The van der Waals surface area contributed by atoms with Gasteiger partial charge in [-0.2, -0.15) is 8.42 Å². The highest BCUT2D eigenvalue weighted by Gasteiger charge is 2.22. The molecule has 202 valence electrons. The molecule has 3 N–H and O–H groups in total. The number of fused-ring (bicyclic) bond motifs is 1. The van der Waals surface area contributed by atoms with Crippen molar-refractivity contribution < 1.29 is 27.6 Å². The number of aromatic hydroxyl groups is 1. The minimum Gasteiger partial charge on any atom is -0.505 e. The highest BCUT2D eigenvalue weighted by molar-refractivity contribution is 7.86. The highest BCUT2D eigenvalue weighted by Crippen LogP contribution is 2.42. The van der Waals surface area contributed by atoms with Crippen LogP contribution in [0.4, 0.5) is 17.1 Å². The lowest BCUT2D eigenvalue weighted by Gasteiger charge is -2.13. The first-order valence-electron chi connectivity index (χ1n) is 11.7. The molecule has 0 aliphatic rings. The Morgan fingerprint density at radius 3 is 2.38 bits per heavy atom. The van der Waals surface area contributed by atoms with Gasteiger partial charge in [0, 0.05) is 11.5 Å². The van der Waals surface area contributed by atoms with Crippen LogP contribution in [0, 0.1) is 0 Å². The van der Waals surface area contributed by atoms with Gasteiger partial charge in [-0.1, -0.05) is 54.4 Å². The Balaban J connectivity index is 1.83. The Kier molecular flexibility index (Phi) is 8.41. The Morgan fingerprint density at radius 2 is 1.69 bits per heavy atom. The van der Waals surface area contributed by atoms with Gasteiger partial charge in [0.25, 0.3) is 16.0 Å². The van der Waals surface area contributed by atoms with Crippen molar-refractivity contribution in [2.75, 3.05) is 11.9 Å². The van der Waals surface area contributed by atoms with Crippen molar-refractivity contribution in [2.24, 2.45) is 10.2 Å². The summed E-state index contributed by atoms with van der Waals surface area (Å²) in [7, 11) is -4.70. The number of amides is 1. The van der Waals surface area contributed by atoms with Crippen LogP contribution in [0.2, 0.25) is 10.0 Å². The molecule has 0 spiro atoms. The summed E-state index contributed by atoms with van der Waals surface area (Å²) >= 11 is 12.5. The summed E-state index contributed by atoms with van der Waals surface area (Å²) in [5, 5.41) is 23.0. The van der Waals surface area contributed by atoms with Crippen LogP contribution in [-0.2, 0) is 16.5 Å². The molecule has 0 fully saturated rings. The van der Waals surface area contributed by atoms with Crippen molar-refractivity contribution in [1.82, 2.24) is 0 Å². The number of benzene rings is 4. The van der Waals surface area contributed by atoms with Crippen LogP contribution in [-0.4, -0.2) is 30.6 Å². The van der Waals surface area contributed by atoms with Gasteiger partial charge in [-0.15, -0.1) is 10.2 Å². The summed E-state index contributed by atoms with van der Waals surface area (Å²) in [6.07, 6.45) is 0.458. The van der Waals surface area contributed by atoms with Gasteiger partial charge in [0.1, 0.15) is 22.0 Å². The molecule has 4 aromatic carbocycles. The third kappa shape index (κ3) is 6.15. The summed E-state index contributed by atoms with van der Waals surface area (Å²) in [5.41, 5.74) is 0.274. The number of ether oxygens (including phenoxy) is 1. The molecule has 12 heteroatoms. The lowest BCUT2D eigenvalue weighted by molar-refractivity contribution is 0.102. The summed E-state index contributed by atoms with van der Waals surface area (Å²) < 4.78 is 39.3. The molecule has 0 saturated carbocycles. The van der Waals surface area contributed by atoms with E-state index in [1.165, 1.54) is 18.2 Å². The van der Waals surface area contributed by atoms with Crippen LogP contribution in [0.5, 0.6) is 11.5 Å². The van der Waals surface area contributed by atoms with Gasteiger partial charge in [0.2, 0.25) is 0 Å². The molecule has 0 aliphatic carbocycles. The van der Waals surface area contributed by atoms with Crippen LogP contribution in [0.15, 0.2) is 75.8 Å². The number of carbonyl (C=O) groups excluding carboxylic acids is 1. The van der Waals surface area contributed by atoms with E-state index in [4.69, 9.17) is 27.9 Å². The fourth-order valence-corrected chi connectivity index (χ4v) is 5.06. The third-order valence-electron chi connectivity index (χ3n) is 5.76. The Hall–Kier alpha value is -3.70. The molecule has 0 radical (unpaired) electrons. The fraction of sp³-hybridized carbons (Fsp3) is 0.148. The second-order valence-electron chi connectivity index (χ2n) is 8.32. The molecule has 9 nitrogen and oxygen atoms in total. The molecule has 4 aromatic rings. The SMILES string of the molecule is CCOc1ccc(Cl)c(NC(=O)c2cc3ccccc3c(N=Nc3c(Cl)cc(CC)cc3S(=O)(=O)O)c2O)c1. The van der Waals surface area contributed by atoms with Gasteiger partial charge in [-0.05, 0) is 54.6 Å². The lowest BCUT2D eigenvalue weighted by Crippen LogP contribution is -2.12. The maximum Gasteiger partial charge on any atom is 0.296 e. The summed E-state index contributed by atoms with van der Waals surface area (Å²) in [6, 6.07) is 15.8. The van der Waals surface area contributed by atoms with E-state index in [1.54, 1.807) is 49.4 Å². The average Bonchev–Trinajstić information content (AvgIpc) is 2.89. The first-order chi connectivity index (χ1) is 18.5. The van der Waals surface area contributed by atoms with Crippen LogP contribution < -0.4 is 10.1 Å². The number of nitrogens with one attached hydrogen (secondary N) is 1. The van der Waals surface area contributed by atoms with E-state index in [0.29, 0.717) is 35.1 Å². The summed E-state index contributed by atoms with van der Waals surface area (Å²) in [6.45, 7) is 4.03. The minimum atomic E-state index is -4.70. The monoisotopic (exact) mass is 587 g/mol. The molecule has 4 rings (SSSR count). The van der Waals surface area contributed by atoms with Gasteiger partial charge < -0.3 is 15.2 Å². The number of phenolic OH excluding ortho intramolecular Hbond substituents is 1. The van der Waals surface area contributed by atoms with Gasteiger partial charge in [-0.25, -0.2) is 0 Å². The molecule has 0 atom stereocenters. The van der Waals surface area contributed by atoms with Crippen LogP contribution in [0.1, 0.15) is 29.8 Å². The number of rotatable bonds is 8. The van der Waals surface area contributed by atoms with Gasteiger partial charge in [0.15, 0.2) is 5.75 Å². The van der Waals surface area contributed by atoms with E-state index in [0.717, 1.165) is 0 Å². The summed E-state index contributed by atoms with van der Waals surface area (Å²) in [5.74, 6) is -0.703. The number of anilines is 1. The van der Waals surface area contributed by atoms with E-state index in [-0.39, 0.29) is 32.7 Å². The highest BCUT2D eigenvalue weighted by atomic mass is 35.5. The van der Waals surface area contributed by atoms with Crippen molar-refractivity contribution in [3.05, 3.63) is 81.8 Å². The molecule has 0 saturated heterocycles. The second-order valence-corrected chi connectivity index (χ2v) is 10.5. The van der Waals surface area contributed by atoms with E-state index < -0.39 is 26.7 Å². The zero-order chi connectivity index (χ0) is 28.3. The topological polar surface area (TPSA) is 138 Å². The predicted octanol–water partition coefficient (Wildman–Crippen LogP) is 7.73. The van der Waals surface area contributed by atoms with Crippen molar-refractivity contribution in [2.45, 2.75) is 25.2 Å². The molecule has 1 amide bonds. The predicted molar refractivity (Wildman–Crippen MR) is 151 cm³/mol. The minimum absolute atomic E-state index is 0.0627. The van der Waals surface area contributed by atoms with Crippen LogP contribution in [0.25, 0.3) is 10.8 Å². The normalized spacial score (nSPS) is 11.7. The number of phenols is 1. The molecular weight excluding hydrogens is 565 g/mol. The van der Waals surface area contributed by atoms with Crippen LogP contribution in [0.3, 0.4) is 0 Å². The molecule has 39 heavy (non-hydrogen) atoms. The number of hydrogen-bond donors (Lipinski definition) is 3. The zero-order valence-electron chi connectivity index (χ0n) is 20.8. The van der Waals surface area contributed by atoms with Crippen LogP contribution >= 0.6 is 23.2 Å². The fourth-order valence-electron chi connectivity index (χ4n) is 3.86. The number of aryl methyl sites for hydroxylation is 1. The number of hydrogen-bond acceptors (Lipinski definition) is 7. The molecule has 0 bridgehead atoms. The second kappa shape index (κ2) is 11.6. The number of carbonyl (C=O) groups is 1. The third-order valence-corrected chi connectivity index (χ3v) is 7.25. The maximum atomic E-state index is 13.3. The standard InChI is InChI=1S/C27H23Cl2N3O6S/c1-3-15-11-21(29)25(23(12-15)39(35,36)37)32-31-24-18-8-6-5-7-16(18)13-19(26(24)33)27(34)30-22-14-17(38-4-2)9-10-20(22)28/h5-14,33H,3-4H2,1-2H3,(H,30,34)(H,35,36,37). The smallest absolute Gasteiger partial charge is 0.296 e. The largest absolute Gasteiger partial charge is 0.505 e. The maximum absolute atomic E-state index is 13.3. The molecule has 0 heterocycles. The van der Waals surface area contributed by atoms with Gasteiger partial charge in [-0.3, -0.25) is 9.35 Å². The molecule has 0 aliphatic heterocycles. The number of azo groups is 1. The van der Waals surface area contributed by atoms with Gasteiger partial charge in [0.05, 0.1) is 27.9 Å². The molecule has 0 aromatic heterocycles. The van der Waals surface area contributed by atoms with Crippen molar-refractivity contribution >= 4 is 67.1 Å². The van der Waals surface area contributed by atoms with Crippen molar-refractivity contribution in [3.63, 3.8) is 0 Å². The van der Waals surface area contributed by atoms with E-state index >= 15 is 0 Å². The zero-order valence-corrected chi connectivity index (χ0v) is 23.1. The number of nitrogens with zero attached hydrogens (tertiary/aromatic N) is 2. The lowest BCUT2D eigenvalue weighted by atomic mass is 10.0. The molecular formula is C27H23Cl2N3O6S. The first kappa shape index (κ1) is 28.3. The Morgan fingerprint density at radius 1 is 0.974 bits per heavy atom. The first-order valence-corrected chi connectivity index (χ1v) is 13.9. The quantitative estimate of drug-likeness (QED) is 0.142. The van der Waals surface area contributed by atoms with Crippen molar-refractivity contribution in [1.29, 1.82) is 0 Å². The summed E-state index contributed by atoms with van der Waals surface area (Å²) in [4.78, 5) is 12.7. The molecule has 0 unspecified atom stereocenters. The van der Waals surface area contributed by atoms with E-state index in [2.05, 4.69) is 15.5 Å². The van der Waals surface area contributed by atoms with E-state index in [1.807, 2.05) is 6.92 Å². The van der Waals surface area contributed by atoms with Gasteiger partial charge >= 0.3 is 0 Å². The average molecular weight is 588 g/mol.